The highest BCUT2D eigenvalue weighted by Crippen LogP contribution is 2.18. The van der Waals surface area contributed by atoms with E-state index in [9.17, 15) is 8.42 Å². The molecule has 0 amide bonds. The van der Waals surface area contributed by atoms with Crippen molar-refractivity contribution >= 4 is 43.5 Å². The predicted molar refractivity (Wildman–Crippen MR) is 109 cm³/mol. The maximum Gasteiger partial charge on any atom is 0.261 e. The minimum atomic E-state index is -3.59. The van der Waals surface area contributed by atoms with E-state index >= 15 is 0 Å². The Labute approximate surface area is 161 Å². The van der Waals surface area contributed by atoms with E-state index in [1.807, 2.05) is 24.3 Å². The Hall–Kier alpha value is -2.64. The molecular formula is C19H16BrN3O2S. The number of rotatable bonds is 6. The molecule has 3 aromatic carbocycles. The summed E-state index contributed by atoms with van der Waals surface area (Å²) in [5.74, 6) is 0. The maximum atomic E-state index is 12.3. The maximum absolute atomic E-state index is 12.3. The second kappa shape index (κ2) is 8.16. The predicted octanol–water partition coefficient (Wildman–Crippen LogP) is 4.70. The van der Waals surface area contributed by atoms with Crippen molar-refractivity contribution in [2.75, 3.05) is 10.1 Å². The molecule has 2 N–H and O–H groups in total. The zero-order chi connectivity index (χ0) is 18.4. The van der Waals surface area contributed by atoms with Crippen LogP contribution in [0.4, 0.5) is 11.4 Å². The number of hydrogen-bond acceptors (Lipinski definition) is 4. The zero-order valence-electron chi connectivity index (χ0n) is 13.6. The standard InChI is InChI=1S/C19H16BrN3O2S/c20-16-8-6-15(7-9-16)14-21-22-17-10-12-18(13-11-17)23-26(24,25)19-4-2-1-3-5-19/h1-14,22-23H/b21-14+. The summed E-state index contributed by atoms with van der Waals surface area (Å²) in [5, 5.41) is 4.16. The van der Waals surface area contributed by atoms with Crippen LogP contribution in [0.25, 0.3) is 0 Å². The van der Waals surface area contributed by atoms with Crippen LogP contribution in [0, 0.1) is 0 Å². The minimum Gasteiger partial charge on any atom is -0.280 e. The molecule has 0 saturated carbocycles. The molecule has 0 saturated heterocycles. The smallest absolute Gasteiger partial charge is 0.261 e. The Morgan fingerprint density at radius 3 is 2.08 bits per heavy atom. The molecule has 3 rings (SSSR count). The lowest BCUT2D eigenvalue weighted by Crippen LogP contribution is -2.12. The van der Waals surface area contributed by atoms with E-state index in [0.29, 0.717) is 5.69 Å². The second-order valence-electron chi connectivity index (χ2n) is 5.42. The zero-order valence-corrected chi connectivity index (χ0v) is 16.0. The Morgan fingerprint density at radius 2 is 1.42 bits per heavy atom. The molecule has 0 fully saturated rings. The molecular weight excluding hydrogens is 414 g/mol. The Morgan fingerprint density at radius 1 is 0.808 bits per heavy atom. The average Bonchev–Trinajstić information content (AvgIpc) is 2.65. The fourth-order valence-corrected chi connectivity index (χ4v) is 3.50. The first-order valence-corrected chi connectivity index (χ1v) is 10.0. The average molecular weight is 430 g/mol. The molecule has 132 valence electrons. The molecule has 26 heavy (non-hydrogen) atoms. The molecule has 7 heteroatoms. The highest BCUT2D eigenvalue weighted by molar-refractivity contribution is 9.10. The fraction of sp³-hybridized carbons (Fsp3) is 0. The van der Waals surface area contributed by atoms with E-state index in [0.717, 1.165) is 15.7 Å². The lowest BCUT2D eigenvalue weighted by atomic mass is 10.2. The van der Waals surface area contributed by atoms with E-state index in [1.165, 1.54) is 0 Å². The van der Waals surface area contributed by atoms with Gasteiger partial charge in [0.15, 0.2) is 0 Å². The van der Waals surface area contributed by atoms with Gasteiger partial charge in [-0.25, -0.2) is 8.42 Å². The van der Waals surface area contributed by atoms with Crippen LogP contribution in [0.5, 0.6) is 0 Å². The van der Waals surface area contributed by atoms with Crippen LogP contribution in [0.3, 0.4) is 0 Å². The molecule has 0 spiro atoms. The van der Waals surface area contributed by atoms with Gasteiger partial charge in [-0.3, -0.25) is 10.1 Å². The number of hydrazone groups is 1. The SMILES string of the molecule is O=S(=O)(Nc1ccc(N/N=C/c2ccc(Br)cc2)cc1)c1ccccc1. The van der Waals surface area contributed by atoms with E-state index in [4.69, 9.17) is 0 Å². The quantitative estimate of drug-likeness (QED) is 0.440. The van der Waals surface area contributed by atoms with Gasteiger partial charge in [0.2, 0.25) is 0 Å². The summed E-state index contributed by atoms with van der Waals surface area (Å²) < 4.78 is 28.1. The minimum absolute atomic E-state index is 0.223. The van der Waals surface area contributed by atoms with Crippen molar-refractivity contribution in [1.29, 1.82) is 0 Å². The van der Waals surface area contributed by atoms with Gasteiger partial charge < -0.3 is 0 Å². The third-order valence-corrected chi connectivity index (χ3v) is 5.39. The monoisotopic (exact) mass is 429 g/mol. The van der Waals surface area contributed by atoms with Crippen molar-refractivity contribution in [3.8, 4) is 0 Å². The van der Waals surface area contributed by atoms with Gasteiger partial charge >= 0.3 is 0 Å². The van der Waals surface area contributed by atoms with Crippen LogP contribution < -0.4 is 10.1 Å². The van der Waals surface area contributed by atoms with E-state index in [2.05, 4.69) is 31.2 Å². The molecule has 0 bridgehead atoms. The summed E-state index contributed by atoms with van der Waals surface area (Å²) in [6, 6.07) is 22.9. The van der Waals surface area contributed by atoms with Crippen molar-refractivity contribution in [3.63, 3.8) is 0 Å². The second-order valence-corrected chi connectivity index (χ2v) is 8.02. The highest BCUT2D eigenvalue weighted by atomic mass is 79.9. The van der Waals surface area contributed by atoms with Gasteiger partial charge in [-0.05, 0) is 54.1 Å². The summed E-state index contributed by atoms with van der Waals surface area (Å²) >= 11 is 3.38. The first-order valence-electron chi connectivity index (χ1n) is 7.75. The largest absolute Gasteiger partial charge is 0.280 e. The van der Waals surface area contributed by atoms with Crippen molar-refractivity contribution in [2.24, 2.45) is 5.10 Å². The normalized spacial score (nSPS) is 11.4. The van der Waals surface area contributed by atoms with Gasteiger partial charge in [-0.2, -0.15) is 5.10 Å². The van der Waals surface area contributed by atoms with Crippen molar-refractivity contribution in [3.05, 3.63) is 88.9 Å². The molecule has 0 aliphatic rings. The number of halogens is 1. The van der Waals surface area contributed by atoms with E-state index < -0.39 is 10.0 Å². The van der Waals surface area contributed by atoms with Crippen LogP contribution >= 0.6 is 15.9 Å². The number of anilines is 2. The number of benzene rings is 3. The first-order chi connectivity index (χ1) is 12.5. The lowest BCUT2D eigenvalue weighted by molar-refractivity contribution is 0.601. The number of nitrogens with one attached hydrogen (secondary N) is 2. The number of nitrogens with zero attached hydrogens (tertiary/aromatic N) is 1. The van der Waals surface area contributed by atoms with Gasteiger partial charge in [-0.15, -0.1) is 0 Å². The van der Waals surface area contributed by atoms with Gasteiger partial charge in [0, 0.05) is 10.2 Å². The summed E-state index contributed by atoms with van der Waals surface area (Å²) in [5.41, 5.74) is 5.11. The Balaban J connectivity index is 1.62. The first kappa shape index (κ1) is 18.2. The Bertz CT molecular complexity index is 987. The van der Waals surface area contributed by atoms with E-state index in [1.54, 1.807) is 60.8 Å². The molecule has 0 aliphatic carbocycles. The van der Waals surface area contributed by atoms with Crippen LogP contribution in [0.1, 0.15) is 5.56 Å². The molecule has 0 atom stereocenters. The molecule has 0 radical (unpaired) electrons. The van der Waals surface area contributed by atoms with Gasteiger partial charge in [-0.1, -0.05) is 46.3 Å². The summed E-state index contributed by atoms with van der Waals surface area (Å²) in [6.45, 7) is 0. The summed E-state index contributed by atoms with van der Waals surface area (Å²) in [4.78, 5) is 0.223. The fourth-order valence-electron chi connectivity index (χ4n) is 2.16. The third kappa shape index (κ3) is 4.93. The summed E-state index contributed by atoms with van der Waals surface area (Å²) in [6.07, 6.45) is 1.71. The number of hydrogen-bond donors (Lipinski definition) is 2. The van der Waals surface area contributed by atoms with Crippen molar-refractivity contribution < 1.29 is 8.42 Å². The highest BCUT2D eigenvalue weighted by Gasteiger charge is 2.12. The molecule has 0 aromatic heterocycles. The molecule has 0 aliphatic heterocycles. The molecule has 0 unspecified atom stereocenters. The van der Waals surface area contributed by atoms with Crippen LogP contribution in [-0.4, -0.2) is 14.6 Å². The summed E-state index contributed by atoms with van der Waals surface area (Å²) in [7, 11) is -3.59. The molecule has 0 heterocycles. The third-order valence-electron chi connectivity index (χ3n) is 3.47. The topological polar surface area (TPSA) is 70.6 Å². The van der Waals surface area contributed by atoms with Crippen molar-refractivity contribution in [2.45, 2.75) is 4.90 Å². The van der Waals surface area contributed by atoms with Crippen molar-refractivity contribution in [1.82, 2.24) is 0 Å². The van der Waals surface area contributed by atoms with E-state index in [-0.39, 0.29) is 4.90 Å². The van der Waals surface area contributed by atoms with Crippen LogP contribution in [-0.2, 0) is 10.0 Å². The number of sulfonamides is 1. The lowest BCUT2D eigenvalue weighted by Gasteiger charge is -2.08. The van der Waals surface area contributed by atoms with Crippen LogP contribution in [0.15, 0.2) is 93.3 Å². The molecule has 5 nitrogen and oxygen atoms in total. The van der Waals surface area contributed by atoms with Gasteiger partial charge in [0.05, 0.1) is 16.8 Å². The van der Waals surface area contributed by atoms with Gasteiger partial charge in [0.1, 0.15) is 0 Å². The Kier molecular flexibility index (Phi) is 5.70. The van der Waals surface area contributed by atoms with Crippen LogP contribution in [0.2, 0.25) is 0 Å². The molecule has 3 aromatic rings. The van der Waals surface area contributed by atoms with Gasteiger partial charge in [0.25, 0.3) is 10.0 Å².